The van der Waals surface area contributed by atoms with Crippen molar-refractivity contribution in [2.45, 2.75) is 12.8 Å². The Morgan fingerprint density at radius 2 is 0.861 bits per heavy atom. The molecule has 0 heterocycles. The van der Waals surface area contributed by atoms with Gasteiger partial charge in [-0.3, -0.25) is 0 Å². The Kier molecular flexibility index (Phi) is 6.17. The van der Waals surface area contributed by atoms with Crippen LogP contribution < -0.4 is 0 Å². The molecule has 0 spiro atoms. The minimum absolute atomic E-state index is 1.05. The van der Waals surface area contributed by atoms with Crippen molar-refractivity contribution >= 4 is 10.8 Å². The van der Waals surface area contributed by atoms with Gasteiger partial charge in [-0.1, -0.05) is 146 Å². The molecule has 0 aliphatic rings. The van der Waals surface area contributed by atoms with Gasteiger partial charge in [0.1, 0.15) is 0 Å². The fourth-order valence-corrected chi connectivity index (χ4v) is 5.07. The summed E-state index contributed by atoms with van der Waals surface area (Å²) >= 11 is 0. The van der Waals surface area contributed by atoms with E-state index in [-0.39, 0.29) is 0 Å². The molecule has 0 saturated heterocycles. The van der Waals surface area contributed by atoms with E-state index < -0.39 is 0 Å². The molecule has 0 amide bonds. The summed E-state index contributed by atoms with van der Waals surface area (Å²) in [6, 6.07) is 52.7. The molecule has 0 aromatic heterocycles. The van der Waals surface area contributed by atoms with E-state index in [4.69, 9.17) is 0 Å². The van der Waals surface area contributed by atoms with Gasteiger partial charge in [0, 0.05) is 0 Å². The summed E-state index contributed by atoms with van der Waals surface area (Å²) in [6.45, 7) is 0. The van der Waals surface area contributed by atoms with Crippen LogP contribution in [-0.2, 0) is 12.8 Å². The molecule has 6 rings (SSSR count). The predicted molar refractivity (Wildman–Crippen MR) is 154 cm³/mol. The van der Waals surface area contributed by atoms with Gasteiger partial charge in [0.05, 0.1) is 0 Å². The normalized spacial score (nSPS) is 11.0. The van der Waals surface area contributed by atoms with Crippen LogP contribution in [0.25, 0.3) is 44.2 Å². The number of hydrogen-bond acceptors (Lipinski definition) is 0. The second-order valence-corrected chi connectivity index (χ2v) is 9.34. The maximum atomic E-state index is 2.30. The standard InChI is InChI=1S/C36H28/c1-3-9-27(10-4-1)15-16-28-17-19-33(20-18-28)36-34-14-8-7-13-31(34)25-26-35(36)32-23-21-30(22-24-32)29-11-5-2-6-12-29/h1-14,17-26H,15-16H2. The number of hydrogen-bond donors (Lipinski definition) is 0. The molecule has 0 heteroatoms. The van der Waals surface area contributed by atoms with Gasteiger partial charge in [-0.25, -0.2) is 0 Å². The summed E-state index contributed by atoms with van der Waals surface area (Å²) in [4.78, 5) is 0. The molecule has 36 heavy (non-hydrogen) atoms. The van der Waals surface area contributed by atoms with E-state index in [1.54, 1.807) is 0 Å². The van der Waals surface area contributed by atoms with Crippen LogP contribution >= 0.6 is 0 Å². The topological polar surface area (TPSA) is 0 Å². The van der Waals surface area contributed by atoms with Crippen LogP contribution in [0.2, 0.25) is 0 Å². The second-order valence-electron chi connectivity index (χ2n) is 9.34. The summed E-state index contributed by atoms with van der Waals surface area (Å²) in [5.74, 6) is 0. The Morgan fingerprint density at radius 3 is 1.58 bits per heavy atom. The Labute approximate surface area is 213 Å². The predicted octanol–water partition coefficient (Wildman–Crippen LogP) is 9.63. The van der Waals surface area contributed by atoms with Gasteiger partial charge in [0.15, 0.2) is 0 Å². The largest absolute Gasteiger partial charge is 0.0622 e. The minimum Gasteiger partial charge on any atom is -0.0622 e. The third kappa shape index (κ3) is 4.59. The van der Waals surface area contributed by atoms with Crippen LogP contribution in [0.5, 0.6) is 0 Å². The molecule has 6 aromatic carbocycles. The van der Waals surface area contributed by atoms with Crippen LogP contribution in [0.4, 0.5) is 0 Å². The SMILES string of the molecule is c1ccc(CCc2ccc(-c3c(-c4ccc(-c5ccccc5)cc4)ccc4ccccc34)cc2)cc1. The number of rotatable bonds is 6. The van der Waals surface area contributed by atoms with Gasteiger partial charge < -0.3 is 0 Å². The first-order valence-electron chi connectivity index (χ1n) is 12.7. The molecular formula is C36H28. The van der Waals surface area contributed by atoms with Gasteiger partial charge in [-0.2, -0.15) is 0 Å². The van der Waals surface area contributed by atoms with Gasteiger partial charge >= 0.3 is 0 Å². The molecule has 0 aliphatic heterocycles. The average Bonchev–Trinajstić information content (AvgIpc) is 2.97. The quantitative estimate of drug-likeness (QED) is 0.232. The lowest BCUT2D eigenvalue weighted by Gasteiger charge is -2.15. The lowest BCUT2D eigenvalue weighted by Crippen LogP contribution is -1.92. The molecule has 0 nitrogen and oxygen atoms in total. The van der Waals surface area contributed by atoms with Crippen molar-refractivity contribution in [2.24, 2.45) is 0 Å². The fraction of sp³-hybridized carbons (Fsp3) is 0.0556. The third-order valence-corrected chi connectivity index (χ3v) is 7.02. The van der Waals surface area contributed by atoms with Gasteiger partial charge in [0.2, 0.25) is 0 Å². The van der Waals surface area contributed by atoms with Crippen molar-refractivity contribution in [3.05, 3.63) is 157 Å². The fourth-order valence-electron chi connectivity index (χ4n) is 5.07. The minimum atomic E-state index is 1.05. The van der Waals surface area contributed by atoms with Gasteiger partial charge in [-0.05, 0) is 68.1 Å². The highest BCUT2D eigenvalue weighted by atomic mass is 14.2. The number of fused-ring (bicyclic) bond motifs is 1. The molecule has 0 fully saturated rings. The summed E-state index contributed by atoms with van der Waals surface area (Å²) in [5, 5.41) is 2.56. The third-order valence-electron chi connectivity index (χ3n) is 7.02. The number of aryl methyl sites for hydroxylation is 2. The van der Waals surface area contributed by atoms with E-state index >= 15 is 0 Å². The molecule has 172 valence electrons. The summed E-state index contributed by atoms with van der Waals surface area (Å²) in [6.07, 6.45) is 2.11. The van der Waals surface area contributed by atoms with Crippen molar-refractivity contribution in [1.82, 2.24) is 0 Å². The average molecular weight is 461 g/mol. The van der Waals surface area contributed by atoms with Crippen LogP contribution in [0.1, 0.15) is 11.1 Å². The van der Waals surface area contributed by atoms with E-state index in [2.05, 4.69) is 146 Å². The molecule has 0 aliphatic carbocycles. The molecule has 0 atom stereocenters. The number of benzene rings is 6. The lowest BCUT2D eigenvalue weighted by molar-refractivity contribution is 0.960. The summed E-state index contributed by atoms with van der Waals surface area (Å²) in [5.41, 5.74) is 10.3. The zero-order chi connectivity index (χ0) is 24.2. The lowest BCUT2D eigenvalue weighted by atomic mass is 9.88. The molecular weight excluding hydrogens is 432 g/mol. The molecule has 0 saturated carbocycles. The van der Waals surface area contributed by atoms with Crippen molar-refractivity contribution in [2.75, 3.05) is 0 Å². The molecule has 6 aromatic rings. The summed E-state index contributed by atoms with van der Waals surface area (Å²) < 4.78 is 0. The smallest absolute Gasteiger partial charge is 0.00268 e. The van der Waals surface area contributed by atoms with Crippen molar-refractivity contribution in [3.8, 4) is 33.4 Å². The van der Waals surface area contributed by atoms with Gasteiger partial charge in [0.25, 0.3) is 0 Å². The second kappa shape index (κ2) is 10.1. The van der Waals surface area contributed by atoms with Crippen LogP contribution in [0.3, 0.4) is 0 Å². The van der Waals surface area contributed by atoms with Crippen LogP contribution in [0.15, 0.2) is 146 Å². The van der Waals surface area contributed by atoms with Crippen LogP contribution in [0, 0.1) is 0 Å². The Bertz CT molecular complexity index is 1580. The monoisotopic (exact) mass is 460 g/mol. The molecule has 0 N–H and O–H groups in total. The Morgan fingerprint density at radius 1 is 0.333 bits per heavy atom. The maximum absolute atomic E-state index is 2.30. The molecule has 0 bridgehead atoms. The van der Waals surface area contributed by atoms with E-state index in [1.165, 1.54) is 55.3 Å². The highest BCUT2D eigenvalue weighted by Crippen LogP contribution is 2.39. The summed E-state index contributed by atoms with van der Waals surface area (Å²) in [7, 11) is 0. The first-order valence-corrected chi connectivity index (χ1v) is 12.7. The zero-order valence-electron chi connectivity index (χ0n) is 20.3. The first-order chi connectivity index (χ1) is 17.8. The van der Waals surface area contributed by atoms with E-state index in [0.717, 1.165) is 12.8 Å². The Hall–Kier alpha value is -4.42. The van der Waals surface area contributed by atoms with E-state index in [1.807, 2.05) is 0 Å². The highest BCUT2D eigenvalue weighted by Gasteiger charge is 2.12. The molecule has 0 radical (unpaired) electrons. The zero-order valence-corrected chi connectivity index (χ0v) is 20.3. The highest BCUT2D eigenvalue weighted by molar-refractivity contribution is 6.04. The van der Waals surface area contributed by atoms with E-state index in [9.17, 15) is 0 Å². The van der Waals surface area contributed by atoms with Crippen molar-refractivity contribution < 1.29 is 0 Å². The van der Waals surface area contributed by atoms with Crippen molar-refractivity contribution in [3.63, 3.8) is 0 Å². The Balaban J connectivity index is 1.37. The van der Waals surface area contributed by atoms with E-state index in [0.29, 0.717) is 0 Å². The maximum Gasteiger partial charge on any atom is -0.00268 e. The van der Waals surface area contributed by atoms with Crippen molar-refractivity contribution in [1.29, 1.82) is 0 Å². The molecule has 0 unspecified atom stereocenters. The first kappa shape index (κ1) is 22.1. The van der Waals surface area contributed by atoms with Crippen LogP contribution in [-0.4, -0.2) is 0 Å². The van der Waals surface area contributed by atoms with Gasteiger partial charge in [-0.15, -0.1) is 0 Å².